The second kappa shape index (κ2) is 14.2. The predicted molar refractivity (Wildman–Crippen MR) is 138 cm³/mol. The molecule has 36 heavy (non-hydrogen) atoms. The van der Waals surface area contributed by atoms with Crippen molar-refractivity contribution in [2.45, 2.75) is 89.8 Å². The van der Waals surface area contributed by atoms with Crippen molar-refractivity contribution < 1.29 is 24.2 Å². The first-order chi connectivity index (χ1) is 17.4. The SMILES string of the molecule is CC(C)CC(NC(=O)OC(Cc1ccccc1)C1CCCCC1)C(=O)NC(CO)C[C@@H]1CCNC1=O. The lowest BCUT2D eigenvalue weighted by Crippen LogP contribution is -2.52. The fourth-order valence-electron chi connectivity index (χ4n) is 5.37. The summed E-state index contributed by atoms with van der Waals surface area (Å²) in [5, 5.41) is 18.2. The normalized spacial score (nSPS) is 20.9. The fraction of sp³-hybridized carbons (Fsp3) is 0.679. The summed E-state index contributed by atoms with van der Waals surface area (Å²) >= 11 is 0. The lowest BCUT2D eigenvalue weighted by Gasteiger charge is -2.31. The van der Waals surface area contributed by atoms with E-state index in [9.17, 15) is 19.5 Å². The van der Waals surface area contributed by atoms with E-state index in [1.807, 2.05) is 44.2 Å². The highest BCUT2D eigenvalue weighted by atomic mass is 16.6. The maximum Gasteiger partial charge on any atom is 0.408 e. The number of alkyl carbamates (subject to hydrolysis) is 1. The average molecular weight is 502 g/mol. The number of aliphatic hydroxyl groups excluding tert-OH is 1. The summed E-state index contributed by atoms with van der Waals surface area (Å²) in [4.78, 5) is 38.1. The van der Waals surface area contributed by atoms with Gasteiger partial charge in [0.2, 0.25) is 11.8 Å². The molecule has 200 valence electrons. The molecule has 1 saturated carbocycles. The number of ether oxygens (including phenoxy) is 1. The highest BCUT2D eigenvalue weighted by Gasteiger charge is 2.32. The van der Waals surface area contributed by atoms with Gasteiger partial charge in [0.15, 0.2) is 0 Å². The summed E-state index contributed by atoms with van der Waals surface area (Å²) in [6, 6.07) is 8.71. The van der Waals surface area contributed by atoms with Crippen molar-refractivity contribution in [1.29, 1.82) is 0 Å². The molecule has 4 N–H and O–H groups in total. The molecule has 0 bridgehead atoms. The molecule has 1 aromatic carbocycles. The monoisotopic (exact) mass is 501 g/mol. The number of hydrogen-bond donors (Lipinski definition) is 4. The first-order valence-corrected chi connectivity index (χ1v) is 13.6. The zero-order valence-corrected chi connectivity index (χ0v) is 21.7. The average Bonchev–Trinajstić information content (AvgIpc) is 3.27. The van der Waals surface area contributed by atoms with Gasteiger partial charge in [-0.25, -0.2) is 4.79 Å². The Morgan fingerprint density at radius 3 is 2.42 bits per heavy atom. The van der Waals surface area contributed by atoms with Crippen molar-refractivity contribution in [3.63, 3.8) is 0 Å². The molecule has 3 amide bonds. The smallest absolute Gasteiger partial charge is 0.408 e. The molecule has 1 aromatic rings. The minimum Gasteiger partial charge on any atom is -0.446 e. The van der Waals surface area contributed by atoms with E-state index in [2.05, 4.69) is 16.0 Å². The van der Waals surface area contributed by atoms with Gasteiger partial charge in [-0.1, -0.05) is 63.4 Å². The molecule has 8 nitrogen and oxygen atoms in total. The van der Waals surface area contributed by atoms with Crippen molar-refractivity contribution >= 4 is 17.9 Å². The van der Waals surface area contributed by atoms with Gasteiger partial charge >= 0.3 is 6.09 Å². The van der Waals surface area contributed by atoms with Crippen LogP contribution in [-0.4, -0.2) is 54.4 Å². The molecule has 0 aromatic heterocycles. The largest absolute Gasteiger partial charge is 0.446 e. The molecule has 0 radical (unpaired) electrons. The first kappa shape index (κ1) is 28.0. The van der Waals surface area contributed by atoms with E-state index in [4.69, 9.17) is 4.74 Å². The maximum absolute atomic E-state index is 13.1. The van der Waals surface area contributed by atoms with Crippen molar-refractivity contribution in [2.75, 3.05) is 13.2 Å². The highest BCUT2D eigenvalue weighted by Crippen LogP contribution is 2.30. The number of rotatable bonds is 12. The van der Waals surface area contributed by atoms with Crippen LogP contribution in [-0.2, 0) is 20.7 Å². The van der Waals surface area contributed by atoms with Crippen molar-refractivity contribution in [3.05, 3.63) is 35.9 Å². The van der Waals surface area contributed by atoms with Crippen LogP contribution in [0.4, 0.5) is 4.79 Å². The van der Waals surface area contributed by atoms with E-state index in [0.717, 1.165) is 31.2 Å². The van der Waals surface area contributed by atoms with Gasteiger partial charge in [0.05, 0.1) is 12.6 Å². The molecule has 1 aliphatic carbocycles. The third-order valence-electron chi connectivity index (χ3n) is 7.33. The summed E-state index contributed by atoms with van der Waals surface area (Å²) in [6.07, 6.45) is 6.88. The molecule has 1 heterocycles. The van der Waals surface area contributed by atoms with Crippen LogP contribution in [0.2, 0.25) is 0 Å². The lowest BCUT2D eigenvalue weighted by molar-refractivity contribution is -0.126. The van der Waals surface area contributed by atoms with E-state index in [-0.39, 0.29) is 36.4 Å². The minimum atomic E-state index is -0.785. The molecular weight excluding hydrogens is 458 g/mol. The number of amides is 3. The summed E-state index contributed by atoms with van der Waals surface area (Å²) < 4.78 is 5.98. The van der Waals surface area contributed by atoms with Gasteiger partial charge in [-0.05, 0) is 49.5 Å². The third-order valence-corrected chi connectivity index (χ3v) is 7.33. The van der Waals surface area contributed by atoms with Crippen LogP contribution in [0, 0.1) is 17.8 Å². The quantitative estimate of drug-likeness (QED) is 0.351. The van der Waals surface area contributed by atoms with E-state index < -0.39 is 18.2 Å². The molecule has 8 heteroatoms. The first-order valence-electron chi connectivity index (χ1n) is 13.6. The number of aliphatic hydroxyl groups is 1. The van der Waals surface area contributed by atoms with E-state index in [1.54, 1.807) is 0 Å². The topological polar surface area (TPSA) is 117 Å². The zero-order valence-electron chi connectivity index (χ0n) is 21.7. The second-order valence-electron chi connectivity index (χ2n) is 10.8. The van der Waals surface area contributed by atoms with Gasteiger partial charge in [0.25, 0.3) is 0 Å². The van der Waals surface area contributed by atoms with Crippen LogP contribution in [0.15, 0.2) is 30.3 Å². The van der Waals surface area contributed by atoms with Crippen LogP contribution < -0.4 is 16.0 Å². The Kier molecular flexibility index (Phi) is 11.0. The molecule has 3 rings (SSSR count). The molecule has 1 aliphatic heterocycles. The highest BCUT2D eigenvalue weighted by molar-refractivity contribution is 5.86. The standard InChI is InChI=1S/C28H43N3O5/c1-19(2)15-24(27(34)30-23(18-32)17-22-13-14-29-26(22)33)31-28(35)36-25(21-11-7-4-8-12-21)16-20-9-5-3-6-10-20/h3,5-6,9-10,19,21-25,32H,4,7-8,11-18H2,1-2H3,(H,29,33)(H,30,34)(H,31,35)/t22-,23?,24?,25?/m0/s1. The Bertz CT molecular complexity index is 841. The van der Waals surface area contributed by atoms with Gasteiger partial charge in [0.1, 0.15) is 12.1 Å². The van der Waals surface area contributed by atoms with Crippen molar-refractivity contribution in [3.8, 4) is 0 Å². The lowest BCUT2D eigenvalue weighted by atomic mass is 9.83. The summed E-state index contributed by atoms with van der Waals surface area (Å²) in [7, 11) is 0. The number of nitrogens with one attached hydrogen (secondary N) is 3. The van der Waals surface area contributed by atoms with Crippen LogP contribution in [0.5, 0.6) is 0 Å². The van der Waals surface area contributed by atoms with Gasteiger partial charge in [-0.15, -0.1) is 0 Å². The molecule has 0 spiro atoms. The molecule has 1 saturated heterocycles. The Balaban J connectivity index is 1.62. The predicted octanol–water partition coefficient (Wildman–Crippen LogP) is 3.32. The van der Waals surface area contributed by atoms with Gasteiger partial charge in [-0.3, -0.25) is 9.59 Å². The number of carbonyl (C=O) groups is 3. The van der Waals surface area contributed by atoms with Crippen LogP contribution >= 0.6 is 0 Å². The molecule has 4 atom stereocenters. The van der Waals surface area contributed by atoms with Crippen LogP contribution in [0.3, 0.4) is 0 Å². The van der Waals surface area contributed by atoms with Crippen molar-refractivity contribution in [2.24, 2.45) is 17.8 Å². The molecule has 3 unspecified atom stereocenters. The van der Waals surface area contributed by atoms with E-state index >= 15 is 0 Å². The molecule has 2 fully saturated rings. The molecular formula is C28H43N3O5. The number of carbonyl (C=O) groups excluding carboxylic acids is 3. The number of benzene rings is 1. The van der Waals surface area contributed by atoms with Crippen molar-refractivity contribution in [1.82, 2.24) is 16.0 Å². The number of hydrogen-bond acceptors (Lipinski definition) is 5. The van der Waals surface area contributed by atoms with Crippen LogP contribution in [0.1, 0.15) is 70.8 Å². The van der Waals surface area contributed by atoms with Crippen LogP contribution in [0.25, 0.3) is 0 Å². The van der Waals surface area contributed by atoms with E-state index in [0.29, 0.717) is 38.1 Å². The fourth-order valence-corrected chi connectivity index (χ4v) is 5.37. The van der Waals surface area contributed by atoms with Gasteiger partial charge in [0, 0.05) is 18.9 Å². The van der Waals surface area contributed by atoms with Gasteiger partial charge < -0.3 is 25.8 Å². The Labute approximate surface area is 214 Å². The minimum absolute atomic E-state index is 0.0460. The third kappa shape index (κ3) is 8.80. The maximum atomic E-state index is 13.1. The summed E-state index contributed by atoms with van der Waals surface area (Å²) in [5.41, 5.74) is 1.12. The second-order valence-corrected chi connectivity index (χ2v) is 10.8. The van der Waals surface area contributed by atoms with Gasteiger partial charge in [-0.2, -0.15) is 0 Å². The molecule has 2 aliphatic rings. The Morgan fingerprint density at radius 2 is 1.81 bits per heavy atom. The summed E-state index contributed by atoms with van der Waals surface area (Å²) in [5.74, 6) is -0.171. The summed E-state index contributed by atoms with van der Waals surface area (Å²) in [6.45, 7) is 4.32. The Hall–Kier alpha value is -2.61. The van der Waals surface area contributed by atoms with E-state index in [1.165, 1.54) is 6.42 Å². The Morgan fingerprint density at radius 1 is 1.08 bits per heavy atom. The zero-order chi connectivity index (χ0) is 25.9.